The van der Waals surface area contributed by atoms with Gasteiger partial charge in [0.05, 0.1) is 15.6 Å². The maximum Gasteiger partial charge on any atom is 0.264 e. The van der Waals surface area contributed by atoms with E-state index in [-0.39, 0.29) is 12.3 Å². The third-order valence-electron chi connectivity index (χ3n) is 2.28. The molecule has 0 saturated carbocycles. The Hall–Kier alpha value is -0.410. The van der Waals surface area contributed by atoms with Gasteiger partial charge in [0.1, 0.15) is 10.7 Å². The number of halogens is 4. The normalized spacial score (nSPS) is 13.0. The van der Waals surface area contributed by atoms with Crippen LogP contribution in [0.3, 0.4) is 0 Å². The second-order valence-electron chi connectivity index (χ2n) is 3.83. The largest absolute Gasteiger partial charge is 0.351 e. The minimum Gasteiger partial charge on any atom is -0.351 e. The molecule has 0 saturated heterocycles. The van der Waals surface area contributed by atoms with Crippen LogP contribution < -0.4 is 5.32 Å². The van der Waals surface area contributed by atoms with Gasteiger partial charge in [-0.25, -0.2) is 12.8 Å². The third kappa shape index (κ3) is 4.79. The van der Waals surface area contributed by atoms with E-state index in [1.807, 2.05) is 0 Å². The molecule has 118 valence electrons. The summed E-state index contributed by atoms with van der Waals surface area (Å²) >= 11 is 11.3. The van der Waals surface area contributed by atoms with Gasteiger partial charge in [-0.2, -0.15) is 0 Å². The Morgan fingerprint density at radius 3 is 2.43 bits per heavy atom. The van der Waals surface area contributed by atoms with Crippen molar-refractivity contribution >= 4 is 59.6 Å². The van der Waals surface area contributed by atoms with Gasteiger partial charge in [0.15, 0.2) is 0 Å². The molecule has 0 aliphatic carbocycles. The van der Waals surface area contributed by atoms with E-state index in [1.165, 1.54) is 6.26 Å². The first-order valence-electron chi connectivity index (χ1n) is 5.26. The summed E-state index contributed by atoms with van der Waals surface area (Å²) in [6, 6.07) is 0.703. The van der Waals surface area contributed by atoms with Crippen molar-refractivity contribution < 1.29 is 21.8 Å². The molecule has 21 heavy (non-hydrogen) atoms. The highest BCUT2D eigenvalue weighted by atomic mass is 35.7. The monoisotopic (exact) mass is 395 g/mol. The Bertz CT molecular complexity index is 709. The lowest BCUT2D eigenvalue weighted by Crippen LogP contribution is -2.28. The van der Waals surface area contributed by atoms with Gasteiger partial charge in [-0.05, 0) is 6.07 Å². The second-order valence-corrected chi connectivity index (χ2v) is 8.65. The Kier molecular flexibility index (Phi) is 6.42. The molecule has 1 unspecified atom stereocenters. The summed E-state index contributed by atoms with van der Waals surface area (Å²) in [7, 11) is -0.439. The number of amides is 1. The lowest BCUT2D eigenvalue weighted by atomic mass is 10.2. The average molecular weight is 397 g/mol. The number of carbonyl (C=O) groups excluding carboxylic acids is 1. The average Bonchev–Trinajstić information content (AvgIpc) is 2.31. The molecule has 0 heterocycles. The first kappa shape index (κ1) is 18.6. The number of carbonyl (C=O) groups is 1. The van der Waals surface area contributed by atoms with Crippen molar-refractivity contribution in [2.75, 3.05) is 18.6 Å². The zero-order chi connectivity index (χ0) is 16.4. The highest BCUT2D eigenvalue weighted by Crippen LogP contribution is 2.36. The maximum absolute atomic E-state index is 13.6. The molecule has 5 nitrogen and oxygen atoms in total. The minimum absolute atomic E-state index is 0.0471. The van der Waals surface area contributed by atoms with E-state index in [9.17, 15) is 21.8 Å². The van der Waals surface area contributed by atoms with E-state index in [0.717, 1.165) is 0 Å². The molecular weight excluding hydrogens is 388 g/mol. The summed E-state index contributed by atoms with van der Waals surface area (Å²) < 4.78 is 47.2. The smallest absolute Gasteiger partial charge is 0.264 e. The van der Waals surface area contributed by atoms with Gasteiger partial charge in [0.2, 0.25) is 0 Å². The van der Waals surface area contributed by atoms with Crippen molar-refractivity contribution in [3.63, 3.8) is 0 Å². The van der Waals surface area contributed by atoms with Gasteiger partial charge in [0, 0.05) is 40.0 Å². The van der Waals surface area contributed by atoms with Crippen LogP contribution in [0.1, 0.15) is 10.4 Å². The quantitative estimate of drug-likeness (QED) is 0.611. The van der Waals surface area contributed by atoms with Crippen LogP contribution in [0.25, 0.3) is 0 Å². The zero-order valence-corrected chi connectivity index (χ0v) is 14.4. The van der Waals surface area contributed by atoms with Crippen LogP contribution in [-0.2, 0) is 19.9 Å². The molecule has 0 aliphatic rings. The van der Waals surface area contributed by atoms with E-state index in [1.54, 1.807) is 0 Å². The predicted octanol–water partition coefficient (Wildman–Crippen LogP) is 2.17. The molecular formula is C10H9Cl3FNO4S2. The molecule has 0 spiro atoms. The van der Waals surface area contributed by atoms with Crippen LogP contribution in [0.4, 0.5) is 4.39 Å². The molecule has 0 bridgehead atoms. The fourth-order valence-electron chi connectivity index (χ4n) is 1.36. The molecule has 0 aliphatic heterocycles. The van der Waals surface area contributed by atoms with Crippen molar-refractivity contribution in [3.8, 4) is 0 Å². The molecule has 1 atom stereocenters. The SMILES string of the molecule is CS(=O)CCNC(=O)c1cc(F)c(Cl)c(S(=O)(=O)Cl)c1Cl. The van der Waals surface area contributed by atoms with Gasteiger partial charge in [-0.1, -0.05) is 23.2 Å². The van der Waals surface area contributed by atoms with Gasteiger partial charge >= 0.3 is 0 Å². The Morgan fingerprint density at radius 1 is 1.38 bits per heavy atom. The van der Waals surface area contributed by atoms with Gasteiger partial charge in [-0.15, -0.1) is 0 Å². The summed E-state index contributed by atoms with van der Waals surface area (Å²) in [5.41, 5.74) is -0.431. The molecule has 11 heteroatoms. The van der Waals surface area contributed by atoms with Crippen molar-refractivity contribution in [2.24, 2.45) is 0 Å². The number of benzene rings is 1. The Labute approximate surface area is 137 Å². The lowest BCUT2D eigenvalue weighted by Gasteiger charge is -2.10. The Balaban J connectivity index is 3.24. The summed E-state index contributed by atoms with van der Waals surface area (Å²) in [5, 5.41) is 0.965. The van der Waals surface area contributed by atoms with Crippen molar-refractivity contribution in [1.82, 2.24) is 5.32 Å². The lowest BCUT2D eigenvalue weighted by molar-refractivity contribution is 0.0955. The fraction of sp³-hybridized carbons (Fsp3) is 0.300. The van der Waals surface area contributed by atoms with Crippen LogP contribution in [0.2, 0.25) is 10.0 Å². The van der Waals surface area contributed by atoms with Gasteiger partial charge in [-0.3, -0.25) is 9.00 Å². The van der Waals surface area contributed by atoms with Crippen LogP contribution in [0.5, 0.6) is 0 Å². The van der Waals surface area contributed by atoms with Crippen LogP contribution in [0.15, 0.2) is 11.0 Å². The highest BCUT2D eigenvalue weighted by Gasteiger charge is 2.27. The summed E-state index contributed by atoms with van der Waals surface area (Å²) in [5.74, 6) is -1.80. The summed E-state index contributed by atoms with van der Waals surface area (Å²) in [4.78, 5) is 11.0. The van der Waals surface area contributed by atoms with E-state index in [4.69, 9.17) is 33.9 Å². The number of rotatable bonds is 5. The van der Waals surface area contributed by atoms with E-state index in [2.05, 4.69) is 5.32 Å². The first-order valence-corrected chi connectivity index (χ1v) is 10.0. The Morgan fingerprint density at radius 2 is 1.95 bits per heavy atom. The summed E-state index contributed by atoms with van der Waals surface area (Å²) in [6.45, 7) is 0.0471. The molecule has 1 N–H and O–H groups in total. The molecule has 1 amide bonds. The number of nitrogens with one attached hydrogen (secondary N) is 1. The van der Waals surface area contributed by atoms with Crippen molar-refractivity contribution in [3.05, 3.63) is 27.5 Å². The summed E-state index contributed by atoms with van der Waals surface area (Å²) in [6.07, 6.45) is 1.44. The standard InChI is InChI=1S/C10H9Cl3FNO4S2/c1-20(17)3-2-15-10(16)5-4-6(14)8(12)9(7(5)11)21(13,18)19/h4H,2-3H2,1H3,(H,15,16). The van der Waals surface area contributed by atoms with Crippen LogP contribution in [-0.4, -0.2) is 37.1 Å². The zero-order valence-electron chi connectivity index (χ0n) is 10.5. The molecule has 0 aromatic heterocycles. The van der Waals surface area contributed by atoms with Crippen molar-refractivity contribution in [1.29, 1.82) is 0 Å². The molecule has 1 rings (SSSR count). The van der Waals surface area contributed by atoms with E-state index in [0.29, 0.717) is 6.07 Å². The molecule has 0 fully saturated rings. The second kappa shape index (κ2) is 7.23. The highest BCUT2D eigenvalue weighted by molar-refractivity contribution is 8.14. The fourth-order valence-corrected chi connectivity index (χ4v) is 4.13. The minimum atomic E-state index is -4.44. The van der Waals surface area contributed by atoms with Crippen molar-refractivity contribution in [2.45, 2.75) is 4.90 Å². The molecule has 1 aromatic carbocycles. The van der Waals surface area contributed by atoms with E-state index >= 15 is 0 Å². The van der Waals surface area contributed by atoms with Gasteiger partial charge < -0.3 is 5.32 Å². The van der Waals surface area contributed by atoms with Gasteiger partial charge in [0.25, 0.3) is 15.0 Å². The molecule has 1 aromatic rings. The predicted molar refractivity (Wildman–Crippen MR) is 80.7 cm³/mol. The number of hydrogen-bond acceptors (Lipinski definition) is 4. The van der Waals surface area contributed by atoms with Crippen LogP contribution in [0, 0.1) is 5.82 Å². The number of hydrogen-bond donors (Lipinski definition) is 1. The first-order chi connectivity index (χ1) is 9.55. The third-order valence-corrected chi connectivity index (χ3v) is 5.40. The van der Waals surface area contributed by atoms with E-state index < -0.39 is 52.1 Å². The topological polar surface area (TPSA) is 80.3 Å². The maximum atomic E-state index is 13.6. The molecule has 0 radical (unpaired) electrons. The van der Waals surface area contributed by atoms with Crippen LogP contribution >= 0.6 is 33.9 Å².